The van der Waals surface area contributed by atoms with Crippen molar-refractivity contribution in [3.63, 3.8) is 0 Å². The van der Waals surface area contributed by atoms with Gasteiger partial charge in [0, 0.05) is 0 Å². The van der Waals surface area contributed by atoms with E-state index in [2.05, 4.69) is 54.6 Å². The number of rotatable bonds is 5. The van der Waals surface area contributed by atoms with Gasteiger partial charge in [0.05, 0.1) is 0 Å². The van der Waals surface area contributed by atoms with E-state index in [-0.39, 0.29) is 0 Å². The maximum Gasteiger partial charge on any atom is 0.119 e. The molecule has 1 heteroatoms. The third-order valence-corrected chi connectivity index (χ3v) is 3.42. The van der Waals surface area contributed by atoms with E-state index in [0.717, 1.165) is 5.75 Å². The zero-order chi connectivity index (χ0) is 15.0. The van der Waals surface area contributed by atoms with Gasteiger partial charge in [-0.05, 0) is 34.9 Å². The molecule has 22 heavy (non-hydrogen) atoms. The molecule has 0 fully saturated rings. The van der Waals surface area contributed by atoms with Crippen LogP contribution in [0.5, 0.6) is 5.75 Å². The summed E-state index contributed by atoms with van der Waals surface area (Å²) in [6.07, 6.45) is 4.11. The Balaban J connectivity index is 1.58. The van der Waals surface area contributed by atoms with Crippen LogP contribution in [0.25, 0.3) is 17.2 Å². The average molecular weight is 286 g/mol. The van der Waals surface area contributed by atoms with E-state index < -0.39 is 0 Å². The number of hydrogen-bond acceptors (Lipinski definition) is 1. The third kappa shape index (κ3) is 3.86. The van der Waals surface area contributed by atoms with Crippen molar-refractivity contribution in [2.24, 2.45) is 0 Å². The molecule has 0 bridgehead atoms. The van der Waals surface area contributed by atoms with Gasteiger partial charge in [0.2, 0.25) is 0 Å². The van der Waals surface area contributed by atoms with Crippen LogP contribution >= 0.6 is 0 Å². The van der Waals surface area contributed by atoms with Crippen LogP contribution < -0.4 is 4.74 Å². The second-order valence-electron chi connectivity index (χ2n) is 5.01. The second kappa shape index (κ2) is 7.28. The summed E-state index contributed by atoms with van der Waals surface area (Å²) in [5, 5.41) is 0. The van der Waals surface area contributed by atoms with Crippen LogP contribution in [-0.2, 0) is 0 Å². The van der Waals surface area contributed by atoms with Crippen molar-refractivity contribution < 1.29 is 4.74 Å². The molecular formula is C21H18O. The van der Waals surface area contributed by atoms with E-state index in [0.29, 0.717) is 6.61 Å². The molecular weight excluding hydrogens is 268 g/mol. The van der Waals surface area contributed by atoms with Crippen molar-refractivity contribution >= 4 is 6.08 Å². The summed E-state index contributed by atoms with van der Waals surface area (Å²) in [5.41, 5.74) is 3.65. The smallest absolute Gasteiger partial charge is 0.119 e. The first kappa shape index (κ1) is 14.2. The lowest BCUT2D eigenvalue weighted by atomic mass is 10.0. The number of benzene rings is 3. The van der Waals surface area contributed by atoms with Crippen LogP contribution in [0.4, 0.5) is 0 Å². The first-order valence-corrected chi connectivity index (χ1v) is 7.42. The lowest BCUT2D eigenvalue weighted by Gasteiger charge is -2.03. The van der Waals surface area contributed by atoms with Gasteiger partial charge in [0.25, 0.3) is 0 Å². The van der Waals surface area contributed by atoms with Crippen LogP contribution in [0.1, 0.15) is 5.56 Å². The summed E-state index contributed by atoms with van der Waals surface area (Å²) < 4.78 is 5.63. The molecule has 0 atom stereocenters. The average Bonchev–Trinajstić information content (AvgIpc) is 2.61. The quantitative estimate of drug-likeness (QED) is 0.606. The first-order chi connectivity index (χ1) is 10.9. The topological polar surface area (TPSA) is 9.23 Å². The highest BCUT2D eigenvalue weighted by molar-refractivity contribution is 5.65. The Morgan fingerprint density at radius 3 is 1.91 bits per heavy atom. The molecule has 108 valence electrons. The van der Waals surface area contributed by atoms with Crippen LogP contribution in [0.2, 0.25) is 0 Å². The number of ether oxygens (including phenoxy) is 1. The molecule has 0 saturated heterocycles. The second-order valence-corrected chi connectivity index (χ2v) is 5.01. The number of hydrogen-bond donors (Lipinski definition) is 0. The van der Waals surface area contributed by atoms with Gasteiger partial charge in [-0.3, -0.25) is 0 Å². The zero-order valence-corrected chi connectivity index (χ0v) is 12.4. The van der Waals surface area contributed by atoms with E-state index in [1.807, 2.05) is 42.5 Å². The first-order valence-electron chi connectivity index (χ1n) is 7.42. The Bertz CT molecular complexity index is 713. The Kier molecular flexibility index (Phi) is 4.68. The molecule has 0 aliphatic rings. The molecule has 3 aromatic rings. The lowest BCUT2D eigenvalue weighted by Crippen LogP contribution is -1.92. The van der Waals surface area contributed by atoms with E-state index in [1.165, 1.54) is 16.7 Å². The standard InChI is InChI=1S/C21H18O/c1-3-9-19(10-4-1)20-15-13-18(14-16-20)8-7-17-22-21-11-5-2-6-12-21/h1-16H,17H2/b8-7+. The molecule has 0 heterocycles. The van der Waals surface area contributed by atoms with E-state index in [9.17, 15) is 0 Å². The SMILES string of the molecule is C(=C\c1ccc(-c2ccccc2)cc1)/COc1ccccc1. The van der Waals surface area contributed by atoms with Crippen molar-refractivity contribution in [1.29, 1.82) is 0 Å². The fraction of sp³-hybridized carbons (Fsp3) is 0.0476. The van der Waals surface area contributed by atoms with Gasteiger partial charge in [-0.1, -0.05) is 78.9 Å². The number of para-hydroxylation sites is 1. The third-order valence-electron chi connectivity index (χ3n) is 3.42. The van der Waals surface area contributed by atoms with Gasteiger partial charge in [0.15, 0.2) is 0 Å². The fourth-order valence-corrected chi connectivity index (χ4v) is 2.26. The minimum Gasteiger partial charge on any atom is -0.490 e. The molecule has 0 radical (unpaired) electrons. The van der Waals surface area contributed by atoms with Crippen molar-refractivity contribution in [2.75, 3.05) is 6.61 Å². The largest absolute Gasteiger partial charge is 0.490 e. The Morgan fingerprint density at radius 1 is 0.636 bits per heavy atom. The summed E-state index contributed by atoms with van der Waals surface area (Å²) in [7, 11) is 0. The van der Waals surface area contributed by atoms with Gasteiger partial charge >= 0.3 is 0 Å². The molecule has 1 nitrogen and oxygen atoms in total. The van der Waals surface area contributed by atoms with Crippen molar-refractivity contribution in [3.05, 3.63) is 96.6 Å². The molecule has 0 saturated carbocycles. The molecule has 3 rings (SSSR count). The van der Waals surface area contributed by atoms with E-state index >= 15 is 0 Å². The van der Waals surface area contributed by atoms with Gasteiger partial charge in [-0.25, -0.2) is 0 Å². The highest BCUT2D eigenvalue weighted by Crippen LogP contribution is 2.19. The normalized spacial score (nSPS) is 10.7. The van der Waals surface area contributed by atoms with Gasteiger partial charge < -0.3 is 4.74 Å². The predicted octanol–water partition coefficient (Wildman–Crippen LogP) is 5.45. The molecule has 3 aromatic carbocycles. The van der Waals surface area contributed by atoms with Gasteiger partial charge in [-0.2, -0.15) is 0 Å². The maximum absolute atomic E-state index is 5.63. The Labute approximate surface area is 131 Å². The highest BCUT2D eigenvalue weighted by Gasteiger charge is 1.95. The van der Waals surface area contributed by atoms with Crippen LogP contribution in [-0.4, -0.2) is 6.61 Å². The Hall–Kier alpha value is -2.80. The molecule has 0 spiro atoms. The Morgan fingerprint density at radius 2 is 1.23 bits per heavy atom. The minimum atomic E-state index is 0.574. The van der Waals surface area contributed by atoms with Crippen molar-refractivity contribution in [3.8, 4) is 16.9 Å². The molecule has 0 N–H and O–H groups in total. The molecule has 0 unspecified atom stereocenters. The van der Waals surface area contributed by atoms with Crippen LogP contribution in [0.15, 0.2) is 91.0 Å². The van der Waals surface area contributed by atoms with Crippen molar-refractivity contribution in [1.82, 2.24) is 0 Å². The van der Waals surface area contributed by atoms with Gasteiger partial charge in [0.1, 0.15) is 12.4 Å². The predicted molar refractivity (Wildman–Crippen MR) is 92.8 cm³/mol. The summed E-state index contributed by atoms with van der Waals surface area (Å²) in [4.78, 5) is 0. The van der Waals surface area contributed by atoms with Gasteiger partial charge in [-0.15, -0.1) is 0 Å². The summed E-state index contributed by atoms with van der Waals surface area (Å²) in [5.74, 6) is 0.895. The fourth-order valence-electron chi connectivity index (χ4n) is 2.26. The summed E-state index contributed by atoms with van der Waals surface area (Å²) in [6.45, 7) is 0.574. The molecule has 0 aromatic heterocycles. The van der Waals surface area contributed by atoms with Crippen LogP contribution in [0, 0.1) is 0 Å². The van der Waals surface area contributed by atoms with E-state index in [4.69, 9.17) is 4.74 Å². The van der Waals surface area contributed by atoms with Crippen LogP contribution in [0.3, 0.4) is 0 Å². The monoisotopic (exact) mass is 286 g/mol. The zero-order valence-electron chi connectivity index (χ0n) is 12.4. The summed E-state index contributed by atoms with van der Waals surface area (Å²) >= 11 is 0. The molecule has 0 amide bonds. The molecule has 0 aliphatic carbocycles. The maximum atomic E-state index is 5.63. The summed E-state index contributed by atoms with van der Waals surface area (Å²) in [6, 6.07) is 28.8. The highest BCUT2D eigenvalue weighted by atomic mass is 16.5. The van der Waals surface area contributed by atoms with Crippen molar-refractivity contribution in [2.45, 2.75) is 0 Å². The van der Waals surface area contributed by atoms with E-state index in [1.54, 1.807) is 0 Å². The minimum absolute atomic E-state index is 0.574. The molecule has 0 aliphatic heterocycles. The lowest BCUT2D eigenvalue weighted by molar-refractivity contribution is 0.363.